The van der Waals surface area contributed by atoms with E-state index in [2.05, 4.69) is 9.71 Å². The van der Waals surface area contributed by atoms with Crippen LogP contribution in [0.5, 0.6) is 5.75 Å². The van der Waals surface area contributed by atoms with E-state index in [-0.39, 0.29) is 4.21 Å². The highest BCUT2D eigenvalue weighted by molar-refractivity contribution is 7.94. The van der Waals surface area contributed by atoms with E-state index in [1.807, 2.05) is 0 Å². The van der Waals surface area contributed by atoms with Gasteiger partial charge in [0, 0.05) is 5.92 Å². The van der Waals surface area contributed by atoms with Crippen molar-refractivity contribution in [2.45, 2.75) is 29.4 Å². The van der Waals surface area contributed by atoms with Gasteiger partial charge in [-0.2, -0.15) is 0 Å². The summed E-state index contributed by atoms with van der Waals surface area (Å²) in [4.78, 5) is 5.07. The van der Waals surface area contributed by atoms with Crippen LogP contribution in [0.4, 0.5) is 5.69 Å². The molecule has 1 saturated carbocycles. The molecule has 1 N–H and O–H groups in total. The Balaban J connectivity index is 1.57. The quantitative estimate of drug-likeness (QED) is 0.671. The Kier molecular flexibility index (Phi) is 4.46. The number of ether oxygens (including phenoxy) is 1. The zero-order chi connectivity index (χ0) is 18.1. The molecule has 8 heteroatoms. The summed E-state index contributed by atoms with van der Waals surface area (Å²) in [7, 11) is -2.21. The van der Waals surface area contributed by atoms with Crippen molar-refractivity contribution in [3.8, 4) is 16.4 Å². The number of hydrogen-bond acceptors (Lipinski definition) is 6. The van der Waals surface area contributed by atoms with E-state index in [1.165, 1.54) is 13.5 Å². The summed E-state index contributed by atoms with van der Waals surface area (Å²) in [5.74, 6) is 2.22. The maximum atomic E-state index is 12.7. The first-order valence-electron chi connectivity index (χ1n) is 8.28. The number of para-hydroxylation sites is 2. The molecule has 3 aromatic rings. The van der Waals surface area contributed by atoms with Gasteiger partial charge in [-0.3, -0.25) is 4.72 Å². The Hall–Kier alpha value is -2.32. The van der Waals surface area contributed by atoms with Crippen molar-refractivity contribution in [1.29, 1.82) is 0 Å². The molecule has 0 unspecified atom stereocenters. The van der Waals surface area contributed by atoms with E-state index in [4.69, 9.17) is 9.15 Å². The number of hydrogen-bond donors (Lipinski definition) is 1. The highest BCUT2D eigenvalue weighted by Crippen LogP contribution is 2.39. The zero-order valence-corrected chi connectivity index (χ0v) is 15.8. The maximum Gasteiger partial charge on any atom is 0.271 e. The Bertz CT molecular complexity index is 1020. The van der Waals surface area contributed by atoms with Crippen LogP contribution in [0.15, 0.2) is 51.2 Å². The monoisotopic (exact) mass is 390 g/mol. The second kappa shape index (κ2) is 6.77. The van der Waals surface area contributed by atoms with Crippen LogP contribution in [0.2, 0.25) is 0 Å². The molecule has 0 aliphatic heterocycles. The smallest absolute Gasteiger partial charge is 0.271 e. The highest BCUT2D eigenvalue weighted by atomic mass is 32.2. The minimum atomic E-state index is -3.71. The van der Waals surface area contributed by atoms with Crippen molar-refractivity contribution in [2.75, 3.05) is 11.8 Å². The maximum absolute atomic E-state index is 12.7. The van der Waals surface area contributed by atoms with E-state index >= 15 is 0 Å². The van der Waals surface area contributed by atoms with Gasteiger partial charge in [-0.15, -0.1) is 11.3 Å². The number of rotatable bonds is 6. The summed E-state index contributed by atoms with van der Waals surface area (Å²) in [5, 5.41) is 0. The van der Waals surface area contributed by atoms with Gasteiger partial charge in [-0.25, -0.2) is 13.4 Å². The van der Waals surface area contributed by atoms with Gasteiger partial charge in [0.05, 0.1) is 23.9 Å². The molecule has 2 heterocycles. The molecule has 0 bridgehead atoms. The third kappa shape index (κ3) is 3.22. The van der Waals surface area contributed by atoms with Gasteiger partial charge in [0.25, 0.3) is 10.0 Å². The molecule has 0 radical (unpaired) electrons. The Morgan fingerprint density at radius 1 is 1.23 bits per heavy atom. The zero-order valence-electron chi connectivity index (χ0n) is 14.1. The van der Waals surface area contributed by atoms with Crippen molar-refractivity contribution >= 4 is 27.0 Å². The molecule has 0 amide bonds. The Labute approximate surface area is 155 Å². The number of anilines is 1. The first kappa shape index (κ1) is 17.1. The molecular weight excluding hydrogens is 372 g/mol. The topological polar surface area (TPSA) is 81.4 Å². The Morgan fingerprint density at radius 3 is 2.77 bits per heavy atom. The molecule has 4 rings (SSSR count). The number of nitrogens with one attached hydrogen (secondary N) is 1. The van der Waals surface area contributed by atoms with Crippen molar-refractivity contribution in [2.24, 2.45) is 0 Å². The lowest BCUT2D eigenvalue weighted by Crippen LogP contribution is -2.12. The van der Waals surface area contributed by atoms with Gasteiger partial charge < -0.3 is 9.15 Å². The molecule has 26 heavy (non-hydrogen) atoms. The fourth-order valence-corrected chi connectivity index (χ4v) is 5.09. The predicted octanol–water partition coefficient (Wildman–Crippen LogP) is 4.48. The van der Waals surface area contributed by atoms with Crippen molar-refractivity contribution < 1.29 is 17.6 Å². The summed E-state index contributed by atoms with van der Waals surface area (Å²) >= 11 is 1.15. The van der Waals surface area contributed by atoms with Gasteiger partial charge >= 0.3 is 0 Å². The largest absolute Gasteiger partial charge is 0.495 e. The molecule has 6 nitrogen and oxygen atoms in total. The van der Waals surface area contributed by atoms with Crippen LogP contribution in [0.25, 0.3) is 10.6 Å². The molecule has 136 valence electrons. The number of sulfonamides is 1. The molecule has 1 aromatic carbocycles. The molecular formula is C18H18N2O4S2. The van der Waals surface area contributed by atoms with Crippen LogP contribution < -0.4 is 9.46 Å². The van der Waals surface area contributed by atoms with Gasteiger partial charge in [0.2, 0.25) is 0 Å². The molecule has 1 aliphatic rings. The molecule has 0 atom stereocenters. The third-order valence-electron chi connectivity index (χ3n) is 4.42. The van der Waals surface area contributed by atoms with Crippen LogP contribution in [-0.4, -0.2) is 20.5 Å². The van der Waals surface area contributed by atoms with Crippen molar-refractivity contribution in [1.82, 2.24) is 4.98 Å². The predicted molar refractivity (Wildman–Crippen MR) is 100 cm³/mol. The summed E-state index contributed by atoms with van der Waals surface area (Å²) in [6.45, 7) is 0. The van der Waals surface area contributed by atoms with Crippen LogP contribution in [-0.2, 0) is 10.0 Å². The van der Waals surface area contributed by atoms with Gasteiger partial charge in [-0.1, -0.05) is 18.6 Å². The van der Waals surface area contributed by atoms with E-state index in [9.17, 15) is 8.42 Å². The van der Waals surface area contributed by atoms with Gasteiger partial charge in [0.15, 0.2) is 11.7 Å². The average Bonchev–Trinajstić information content (AvgIpc) is 3.23. The fraction of sp³-hybridized carbons (Fsp3) is 0.278. The van der Waals surface area contributed by atoms with E-state index < -0.39 is 10.0 Å². The summed E-state index contributed by atoms with van der Waals surface area (Å²) in [6.07, 6.45) is 5.08. The van der Waals surface area contributed by atoms with Crippen LogP contribution in [0, 0.1) is 0 Å². The second-order valence-electron chi connectivity index (χ2n) is 6.12. The number of benzene rings is 1. The minimum absolute atomic E-state index is 0.208. The minimum Gasteiger partial charge on any atom is -0.495 e. The molecule has 2 aromatic heterocycles. The van der Waals surface area contributed by atoms with Crippen molar-refractivity contribution in [3.05, 3.63) is 48.5 Å². The highest BCUT2D eigenvalue weighted by Gasteiger charge is 2.25. The van der Waals surface area contributed by atoms with Crippen LogP contribution >= 0.6 is 11.3 Å². The van der Waals surface area contributed by atoms with Crippen LogP contribution in [0.1, 0.15) is 31.1 Å². The molecule has 0 saturated heterocycles. The third-order valence-corrected chi connectivity index (χ3v) is 7.38. The molecule has 1 fully saturated rings. The fourth-order valence-electron chi connectivity index (χ4n) is 2.77. The number of thiophene rings is 1. The lowest BCUT2D eigenvalue weighted by atomic mass is 9.85. The van der Waals surface area contributed by atoms with Gasteiger partial charge in [-0.05, 0) is 37.1 Å². The second-order valence-corrected chi connectivity index (χ2v) is 9.11. The first-order chi connectivity index (χ1) is 12.6. The lowest BCUT2D eigenvalue weighted by Gasteiger charge is -2.21. The van der Waals surface area contributed by atoms with Crippen molar-refractivity contribution in [3.63, 3.8) is 0 Å². The lowest BCUT2D eigenvalue weighted by molar-refractivity contribution is 0.338. The van der Waals surface area contributed by atoms with E-state index in [0.717, 1.165) is 34.9 Å². The summed E-state index contributed by atoms with van der Waals surface area (Å²) in [5.41, 5.74) is 0.400. The van der Waals surface area contributed by atoms with E-state index in [0.29, 0.717) is 23.1 Å². The number of oxazole rings is 1. The first-order valence-corrected chi connectivity index (χ1v) is 10.6. The van der Waals surface area contributed by atoms with Crippen LogP contribution in [0.3, 0.4) is 0 Å². The molecule has 1 aliphatic carbocycles. The summed E-state index contributed by atoms with van der Waals surface area (Å²) < 4.78 is 39.2. The standard InChI is InChI=1S/C18H18N2O4S2/c1-23-14-8-3-2-7-13(14)20-26(21,22)17-10-9-16(25-17)15-11-19-18(24-15)12-5-4-6-12/h2-3,7-12,20H,4-6H2,1H3. The van der Waals surface area contributed by atoms with Gasteiger partial charge in [0.1, 0.15) is 9.96 Å². The number of methoxy groups -OCH3 is 1. The molecule has 0 spiro atoms. The number of nitrogens with zero attached hydrogens (tertiary/aromatic N) is 1. The normalized spacial score (nSPS) is 14.8. The summed E-state index contributed by atoms with van der Waals surface area (Å²) in [6, 6.07) is 10.2. The number of aromatic nitrogens is 1. The Morgan fingerprint density at radius 2 is 2.04 bits per heavy atom. The van der Waals surface area contributed by atoms with E-state index in [1.54, 1.807) is 42.6 Å². The SMILES string of the molecule is COc1ccccc1NS(=O)(=O)c1ccc(-c2cnc(C3CCC3)o2)s1. The average molecular weight is 390 g/mol.